The number of nitrogens with one attached hydrogen (secondary N) is 2. The molecule has 0 aromatic carbocycles. The number of hydrogen-bond donors (Lipinski definition) is 2. The zero-order valence-corrected chi connectivity index (χ0v) is 16.4. The highest BCUT2D eigenvalue weighted by atomic mass is 32.2. The molecule has 0 aliphatic carbocycles. The number of nitriles is 1. The standard InChI is InChI=1S/C17H20N8O2S/c1-3-28(26,27)24-10-17(11-24,5-6-18)25-9-12(8-21-25)14-13-4-7-20-15(13)23-16(19-2)22-14/h4,7-9H,3,5,10-11H2,1-2H3,(H2,19,20,22,23). The molecule has 11 heteroatoms. The molecule has 0 radical (unpaired) electrons. The van der Waals surface area contributed by atoms with E-state index in [1.165, 1.54) is 4.31 Å². The first-order chi connectivity index (χ1) is 13.4. The molecule has 4 rings (SSSR count). The third-order valence-corrected chi connectivity index (χ3v) is 6.86. The Morgan fingerprint density at radius 1 is 1.39 bits per heavy atom. The lowest BCUT2D eigenvalue weighted by molar-refractivity contribution is 0.0719. The van der Waals surface area contributed by atoms with Crippen molar-refractivity contribution in [1.29, 1.82) is 5.26 Å². The number of rotatable bonds is 6. The Hall–Kier alpha value is -2.97. The van der Waals surface area contributed by atoms with Crippen LogP contribution in [0.5, 0.6) is 0 Å². The van der Waals surface area contributed by atoms with Crippen molar-refractivity contribution in [2.45, 2.75) is 18.9 Å². The van der Waals surface area contributed by atoms with Gasteiger partial charge in [0.2, 0.25) is 16.0 Å². The predicted molar refractivity (Wildman–Crippen MR) is 104 cm³/mol. The van der Waals surface area contributed by atoms with Gasteiger partial charge >= 0.3 is 0 Å². The second-order valence-corrected chi connectivity index (χ2v) is 9.04. The van der Waals surface area contributed by atoms with E-state index >= 15 is 0 Å². The number of sulfonamides is 1. The Bertz CT molecular complexity index is 1170. The summed E-state index contributed by atoms with van der Waals surface area (Å²) in [4.78, 5) is 12.0. The van der Waals surface area contributed by atoms with Gasteiger partial charge in [0.15, 0.2) is 0 Å². The zero-order valence-electron chi connectivity index (χ0n) is 15.5. The van der Waals surface area contributed by atoms with Crippen LogP contribution < -0.4 is 5.32 Å². The Kier molecular flexibility index (Phi) is 4.32. The topological polar surface area (TPSA) is 133 Å². The van der Waals surface area contributed by atoms with Crippen molar-refractivity contribution < 1.29 is 8.42 Å². The van der Waals surface area contributed by atoms with Crippen molar-refractivity contribution in [2.75, 3.05) is 31.2 Å². The summed E-state index contributed by atoms with van der Waals surface area (Å²) in [5.41, 5.74) is 1.53. The van der Waals surface area contributed by atoms with Gasteiger partial charge in [-0.05, 0) is 13.0 Å². The van der Waals surface area contributed by atoms with E-state index in [9.17, 15) is 13.7 Å². The Labute approximate surface area is 162 Å². The van der Waals surface area contributed by atoms with E-state index in [1.54, 1.807) is 31.0 Å². The van der Waals surface area contributed by atoms with Gasteiger partial charge in [0, 0.05) is 43.5 Å². The summed E-state index contributed by atoms with van der Waals surface area (Å²) in [7, 11) is -1.54. The molecule has 0 saturated carbocycles. The van der Waals surface area contributed by atoms with Crippen LogP contribution in [0.3, 0.4) is 0 Å². The van der Waals surface area contributed by atoms with Gasteiger partial charge in [0.25, 0.3) is 0 Å². The highest BCUT2D eigenvalue weighted by Crippen LogP contribution is 2.36. The first-order valence-corrected chi connectivity index (χ1v) is 10.5. The molecule has 0 atom stereocenters. The molecule has 0 unspecified atom stereocenters. The number of aromatic amines is 1. The van der Waals surface area contributed by atoms with E-state index in [2.05, 4.69) is 31.4 Å². The second kappa shape index (κ2) is 6.57. The van der Waals surface area contributed by atoms with Crippen LogP contribution in [0, 0.1) is 11.3 Å². The van der Waals surface area contributed by atoms with Crippen LogP contribution in [-0.4, -0.2) is 63.3 Å². The molecule has 4 heterocycles. The molecule has 0 amide bonds. The lowest BCUT2D eigenvalue weighted by Crippen LogP contribution is -2.64. The molecule has 3 aromatic rings. The zero-order chi connectivity index (χ0) is 19.9. The van der Waals surface area contributed by atoms with Crippen LogP contribution in [0.15, 0.2) is 24.7 Å². The molecule has 0 bridgehead atoms. The van der Waals surface area contributed by atoms with Crippen molar-refractivity contribution in [3.63, 3.8) is 0 Å². The first kappa shape index (κ1) is 18.4. The minimum Gasteiger partial charge on any atom is -0.357 e. The maximum absolute atomic E-state index is 12.1. The quantitative estimate of drug-likeness (QED) is 0.634. The SMILES string of the molecule is CCS(=O)(=O)N1CC(CC#N)(n2cc(-c3nc(NC)nc4[nH]ccc34)cn2)C1. The molecule has 28 heavy (non-hydrogen) atoms. The van der Waals surface area contributed by atoms with E-state index in [4.69, 9.17) is 0 Å². The molecule has 146 valence electrons. The van der Waals surface area contributed by atoms with Crippen molar-refractivity contribution in [3.8, 4) is 17.3 Å². The fourth-order valence-corrected chi connectivity index (χ4v) is 4.69. The van der Waals surface area contributed by atoms with Gasteiger partial charge in [-0.15, -0.1) is 0 Å². The Balaban J connectivity index is 1.71. The van der Waals surface area contributed by atoms with Gasteiger partial charge < -0.3 is 10.3 Å². The number of anilines is 1. The van der Waals surface area contributed by atoms with Crippen molar-refractivity contribution in [3.05, 3.63) is 24.7 Å². The summed E-state index contributed by atoms with van der Waals surface area (Å²) in [5.74, 6) is 0.521. The van der Waals surface area contributed by atoms with Gasteiger partial charge in [-0.3, -0.25) is 4.68 Å². The second-order valence-electron chi connectivity index (χ2n) is 6.79. The number of aromatic nitrogens is 5. The summed E-state index contributed by atoms with van der Waals surface area (Å²) in [6.07, 6.45) is 5.48. The summed E-state index contributed by atoms with van der Waals surface area (Å²) >= 11 is 0. The number of nitrogens with zero attached hydrogens (tertiary/aromatic N) is 6. The minimum absolute atomic E-state index is 0.0409. The van der Waals surface area contributed by atoms with Gasteiger partial charge in [0.05, 0.1) is 30.1 Å². The van der Waals surface area contributed by atoms with Crippen LogP contribution in [0.25, 0.3) is 22.3 Å². The molecular weight excluding hydrogens is 380 g/mol. The molecule has 10 nitrogen and oxygen atoms in total. The molecule has 3 aromatic heterocycles. The molecule has 2 N–H and O–H groups in total. The summed E-state index contributed by atoms with van der Waals surface area (Å²) in [6, 6.07) is 4.06. The minimum atomic E-state index is -3.28. The van der Waals surface area contributed by atoms with Crippen LogP contribution in [0.1, 0.15) is 13.3 Å². The van der Waals surface area contributed by atoms with Crippen LogP contribution in [0.2, 0.25) is 0 Å². The van der Waals surface area contributed by atoms with Crippen molar-refractivity contribution in [2.24, 2.45) is 0 Å². The molecule has 1 saturated heterocycles. The average Bonchev–Trinajstić information content (AvgIpc) is 3.32. The fourth-order valence-electron chi connectivity index (χ4n) is 3.45. The first-order valence-electron chi connectivity index (χ1n) is 8.85. The highest BCUT2D eigenvalue weighted by Gasteiger charge is 2.49. The van der Waals surface area contributed by atoms with E-state index in [0.717, 1.165) is 10.9 Å². The number of hydrogen-bond acceptors (Lipinski definition) is 7. The number of fused-ring (bicyclic) bond motifs is 1. The van der Waals surface area contributed by atoms with Crippen molar-refractivity contribution >= 4 is 27.0 Å². The van der Waals surface area contributed by atoms with Crippen LogP contribution >= 0.6 is 0 Å². The summed E-state index contributed by atoms with van der Waals surface area (Å²) in [5, 5.41) is 17.5. The van der Waals surface area contributed by atoms with Crippen LogP contribution in [-0.2, 0) is 15.6 Å². The molecule has 0 spiro atoms. The average molecular weight is 400 g/mol. The molecular formula is C17H20N8O2S. The maximum Gasteiger partial charge on any atom is 0.225 e. The predicted octanol–water partition coefficient (Wildman–Crippen LogP) is 1.14. The summed E-state index contributed by atoms with van der Waals surface area (Å²) in [6.45, 7) is 2.09. The lowest BCUT2D eigenvalue weighted by atomic mass is 9.89. The third-order valence-electron chi connectivity index (χ3n) is 5.09. The maximum atomic E-state index is 12.1. The van der Waals surface area contributed by atoms with Crippen molar-refractivity contribution in [1.82, 2.24) is 29.0 Å². The number of H-pyrrole nitrogens is 1. The Morgan fingerprint density at radius 3 is 2.86 bits per heavy atom. The molecule has 1 aliphatic rings. The van der Waals surface area contributed by atoms with Crippen LogP contribution in [0.4, 0.5) is 5.95 Å². The smallest absolute Gasteiger partial charge is 0.225 e. The van der Waals surface area contributed by atoms with Gasteiger partial charge in [-0.1, -0.05) is 0 Å². The molecule has 1 aliphatic heterocycles. The normalized spacial score (nSPS) is 16.6. The van der Waals surface area contributed by atoms with E-state index < -0.39 is 15.6 Å². The largest absolute Gasteiger partial charge is 0.357 e. The van der Waals surface area contributed by atoms with E-state index in [0.29, 0.717) is 17.3 Å². The van der Waals surface area contributed by atoms with E-state index in [-0.39, 0.29) is 25.3 Å². The van der Waals surface area contributed by atoms with Gasteiger partial charge in [-0.25, -0.2) is 13.4 Å². The Morgan fingerprint density at radius 2 is 2.18 bits per heavy atom. The summed E-state index contributed by atoms with van der Waals surface area (Å²) < 4.78 is 27.3. The van der Waals surface area contributed by atoms with Gasteiger partial charge in [0.1, 0.15) is 11.2 Å². The lowest BCUT2D eigenvalue weighted by Gasteiger charge is -2.47. The fraction of sp³-hybridized carbons (Fsp3) is 0.412. The third kappa shape index (κ3) is 2.81. The van der Waals surface area contributed by atoms with Gasteiger partial charge in [-0.2, -0.15) is 19.6 Å². The highest BCUT2D eigenvalue weighted by molar-refractivity contribution is 7.89. The molecule has 1 fully saturated rings. The monoisotopic (exact) mass is 400 g/mol. The van der Waals surface area contributed by atoms with E-state index in [1.807, 2.05) is 12.3 Å².